The zero-order chi connectivity index (χ0) is 20.5. The van der Waals surface area contributed by atoms with E-state index in [9.17, 15) is 9.59 Å². The summed E-state index contributed by atoms with van der Waals surface area (Å²) in [5.41, 5.74) is 2.64. The molecule has 0 aliphatic rings. The molecule has 4 aromatic rings. The lowest BCUT2D eigenvalue weighted by atomic mass is 10.2. The summed E-state index contributed by atoms with van der Waals surface area (Å²) in [5, 5.41) is 13.9. The molecule has 1 aromatic carbocycles. The summed E-state index contributed by atoms with van der Waals surface area (Å²) in [6, 6.07) is 9.56. The molecule has 3 aromatic heterocycles. The Morgan fingerprint density at radius 2 is 1.97 bits per heavy atom. The average Bonchev–Trinajstić information content (AvgIpc) is 3.32. The molecule has 0 fully saturated rings. The molecular formula is C20H21N5O2S2. The molecule has 0 saturated carbocycles. The van der Waals surface area contributed by atoms with Crippen molar-refractivity contribution >= 4 is 50.7 Å². The van der Waals surface area contributed by atoms with E-state index in [1.54, 1.807) is 4.57 Å². The van der Waals surface area contributed by atoms with Gasteiger partial charge in [-0.1, -0.05) is 43.3 Å². The van der Waals surface area contributed by atoms with Crippen LogP contribution in [0.25, 0.3) is 16.0 Å². The molecule has 0 bridgehead atoms. The van der Waals surface area contributed by atoms with E-state index in [4.69, 9.17) is 0 Å². The maximum Gasteiger partial charge on any atom is 0.272 e. The van der Waals surface area contributed by atoms with Gasteiger partial charge in [0.05, 0.1) is 11.3 Å². The molecule has 0 radical (unpaired) electrons. The molecule has 0 aliphatic heterocycles. The first-order valence-corrected chi connectivity index (χ1v) is 11.1. The van der Waals surface area contributed by atoms with E-state index >= 15 is 0 Å². The second kappa shape index (κ2) is 8.00. The highest BCUT2D eigenvalue weighted by Gasteiger charge is 2.19. The van der Waals surface area contributed by atoms with Gasteiger partial charge < -0.3 is 5.32 Å². The first-order chi connectivity index (χ1) is 13.9. The minimum atomic E-state index is -0.118. The van der Waals surface area contributed by atoms with Gasteiger partial charge >= 0.3 is 0 Å². The molecule has 0 saturated heterocycles. The summed E-state index contributed by atoms with van der Waals surface area (Å²) in [5.74, 6) is 0.884. The van der Waals surface area contributed by atoms with Gasteiger partial charge in [-0.25, -0.2) is 0 Å². The maximum atomic E-state index is 12.9. The van der Waals surface area contributed by atoms with Gasteiger partial charge in [-0.3, -0.25) is 18.6 Å². The van der Waals surface area contributed by atoms with E-state index in [0.717, 1.165) is 16.8 Å². The Bertz CT molecular complexity index is 1240. The lowest BCUT2D eigenvalue weighted by molar-refractivity contribution is -0.113. The summed E-state index contributed by atoms with van der Waals surface area (Å²) >= 11 is 2.72. The number of benzene rings is 1. The Morgan fingerprint density at radius 1 is 1.21 bits per heavy atom. The van der Waals surface area contributed by atoms with E-state index in [1.807, 2.05) is 47.0 Å². The molecule has 3 heterocycles. The highest BCUT2D eigenvalue weighted by atomic mass is 32.2. The predicted molar refractivity (Wildman–Crippen MR) is 118 cm³/mol. The third-order valence-electron chi connectivity index (χ3n) is 4.40. The van der Waals surface area contributed by atoms with Gasteiger partial charge in [0.15, 0.2) is 5.16 Å². The molecule has 7 nitrogen and oxygen atoms in total. The second-order valence-electron chi connectivity index (χ2n) is 7.27. The Hall–Kier alpha value is -2.65. The SMILES string of the molecule is Cc1ccc(NC(=O)CSc2nnc3n(CC(C)C)c(=O)c4sccc4n23)cc1. The highest BCUT2D eigenvalue weighted by Crippen LogP contribution is 2.25. The monoisotopic (exact) mass is 427 g/mol. The van der Waals surface area contributed by atoms with Gasteiger partial charge in [-0.05, 0) is 36.4 Å². The smallest absolute Gasteiger partial charge is 0.272 e. The molecular weight excluding hydrogens is 406 g/mol. The number of anilines is 1. The van der Waals surface area contributed by atoms with Crippen molar-refractivity contribution in [1.29, 1.82) is 0 Å². The van der Waals surface area contributed by atoms with Crippen LogP contribution in [0, 0.1) is 12.8 Å². The van der Waals surface area contributed by atoms with Gasteiger partial charge in [0.25, 0.3) is 5.56 Å². The maximum absolute atomic E-state index is 12.9. The van der Waals surface area contributed by atoms with Crippen molar-refractivity contribution in [2.45, 2.75) is 32.5 Å². The predicted octanol–water partition coefficient (Wildman–Crippen LogP) is 3.80. The molecule has 0 atom stereocenters. The van der Waals surface area contributed by atoms with Crippen LogP contribution in [-0.4, -0.2) is 30.8 Å². The van der Waals surface area contributed by atoms with Crippen LogP contribution >= 0.6 is 23.1 Å². The van der Waals surface area contributed by atoms with Crippen LogP contribution in [0.1, 0.15) is 19.4 Å². The third-order valence-corrected chi connectivity index (χ3v) is 6.22. The number of hydrogen-bond donors (Lipinski definition) is 1. The third kappa shape index (κ3) is 3.92. The Balaban J connectivity index is 1.63. The van der Waals surface area contributed by atoms with Crippen molar-refractivity contribution in [1.82, 2.24) is 19.2 Å². The largest absolute Gasteiger partial charge is 0.325 e. The highest BCUT2D eigenvalue weighted by molar-refractivity contribution is 7.99. The molecule has 1 N–H and O–H groups in total. The van der Waals surface area contributed by atoms with E-state index in [2.05, 4.69) is 29.4 Å². The zero-order valence-electron chi connectivity index (χ0n) is 16.4. The molecule has 29 heavy (non-hydrogen) atoms. The number of hydrogen-bond acceptors (Lipinski definition) is 6. The number of thioether (sulfide) groups is 1. The minimum Gasteiger partial charge on any atom is -0.325 e. The number of aromatic nitrogens is 4. The second-order valence-corrected chi connectivity index (χ2v) is 9.12. The number of carbonyl (C=O) groups excluding carboxylic acids is 1. The summed E-state index contributed by atoms with van der Waals surface area (Å²) in [6.45, 7) is 6.68. The van der Waals surface area contributed by atoms with Gasteiger partial charge in [0, 0.05) is 12.2 Å². The first-order valence-electron chi connectivity index (χ1n) is 9.28. The normalized spacial score (nSPS) is 11.6. The Kier molecular flexibility index (Phi) is 5.42. The number of nitrogens with one attached hydrogen (secondary N) is 1. The van der Waals surface area contributed by atoms with Crippen LogP contribution < -0.4 is 10.9 Å². The zero-order valence-corrected chi connectivity index (χ0v) is 18.0. The lowest BCUT2D eigenvalue weighted by Gasteiger charge is -2.11. The van der Waals surface area contributed by atoms with Crippen LogP contribution in [0.5, 0.6) is 0 Å². The van der Waals surface area contributed by atoms with Crippen molar-refractivity contribution in [3.63, 3.8) is 0 Å². The van der Waals surface area contributed by atoms with Gasteiger partial charge in [-0.15, -0.1) is 21.5 Å². The Morgan fingerprint density at radius 3 is 2.69 bits per heavy atom. The van der Waals surface area contributed by atoms with Crippen molar-refractivity contribution in [3.05, 3.63) is 51.6 Å². The fourth-order valence-corrected chi connectivity index (χ4v) is 4.65. The number of amides is 1. The number of nitrogens with zero attached hydrogens (tertiary/aromatic N) is 4. The van der Waals surface area contributed by atoms with E-state index in [0.29, 0.717) is 28.1 Å². The van der Waals surface area contributed by atoms with Gasteiger partial charge in [0.2, 0.25) is 11.7 Å². The van der Waals surface area contributed by atoms with Crippen LogP contribution in [0.2, 0.25) is 0 Å². The van der Waals surface area contributed by atoms with Crippen LogP contribution in [-0.2, 0) is 11.3 Å². The summed E-state index contributed by atoms with van der Waals surface area (Å²) in [4.78, 5) is 25.2. The summed E-state index contributed by atoms with van der Waals surface area (Å²) in [6.07, 6.45) is 0. The molecule has 1 amide bonds. The van der Waals surface area contributed by atoms with Crippen molar-refractivity contribution in [2.75, 3.05) is 11.1 Å². The standard InChI is InChI=1S/C20H21N5O2S2/c1-12(2)10-24-18(27)17-15(8-9-28-17)25-19(24)22-23-20(25)29-11-16(26)21-14-6-4-13(3)5-7-14/h4-9,12H,10-11H2,1-3H3,(H,21,26). The topological polar surface area (TPSA) is 81.3 Å². The fraction of sp³-hybridized carbons (Fsp3) is 0.300. The molecule has 0 spiro atoms. The van der Waals surface area contributed by atoms with Gasteiger partial charge in [-0.2, -0.15) is 0 Å². The molecule has 0 aliphatic carbocycles. The Labute approximate surface area is 175 Å². The lowest BCUT2D eigenvalue weighted by Crippen LogP contribution is -2.24. The number of thiophene rings is 1. The number of rotatable bonds is 6. The van der Waals surface area contributed by atoms with Crippen LogP contribution in [0.15, 0.2) is 45.7 Å². The van der Waals surface area contributed by atoms with E-state index in [1.165, 1.54) is 23.1 Å². The van der Waals surface area contributed by atoms with E-state index in [-0.39, 0.29) is 17.2 Å². The number of carbonyl (C=O) groups is 1. The summed E-state index contributed by atoms with van der Waals surface area (Å²) in [7, 11) is 0. The van der Waals surface area contributed by atoms with Crippen molar-refractivity contribution < 1.29 is 4.79 Å². The average molecular weight is 428 g/mol. The van der Waals surface area contributed by atoms with Crippen LogP contribution in [0.4, 0.5) is 5.69 Å². The fourth-order valence-electron chi connectivity index (χ4n) is 3.09. The molecule has 4 rings (SSSR count). The van der Waals surface area contributed by atoms with Crippen LogP contribution in [0.3, 0.4) is 0 Å². The molecule has 0 unspecified atom stereocenters. The number of aryl methyl sites for hydroxylation is 1. The van der Waals surface area contributed by atoms with E-state index < -0.39 is 0 Å². The molecule has 150 valence electrons. The number of fused-ring (bicyclic) bond motifs is 3. The first kappa shape index (κ1) is 19.7. The summed E-state index contributed by atoms with van der Waals surface area (Å²) < 4.78 is 4.22. The minimum absolute atomic E-state index is 0.0442. The van der Waals surface area contributed by atoms with Crippen molar-refractivity contribution in [2.24, 2.45) is 5.92 Å². The van der Waals surface area contributed by atoms with Gasteiger partial charge in [0.1, 0.15) is 4.70 Å². The molecule has 9 heteroatoms. The van der Waals surface area contributed by atoms with Crippen molar-refractivity contribution in [3.8, 4) is 0 Å². The quantitative estimate of drug-likeness (QED) is 0.473.